The topological polar surface area (TPSA) is 66.0 Å². The van der Waals surface area contributed by atoms with Crippen LogP contribution in [-0.4, -0.2) is 21.3 Å². The Morgan fingerprint density at radius 2 is 2.23 bits per heavy atom. The molecular weight excluding hydrogens is 168 g/mol. The van der Waals surface area contributed by atoms with Crippen molar-refractivity contribution in [1.29, 1.82) is 0 Å². The Bertz CT molecular complexity index is 298. The van der Waals surface area contributed by atoms with Crippen LogP contribution in [0.25, 0.3) is 0 Å². The lowest BCUT2D eigenvalue weighted by atomic mass is 9.96. The standard InChI is InChI=1S/C9H14N2O2/c1-5(4-8(12)13)9-6(2)10-11-7(9)3/h5H,4H2,1-3H3,(H,10,11)(H,12,13). The average Bonchev–Trinajstić information content (AvgIpc) is 2.29. The smallest absolute Gasteiger partial charge is 0.303 e. The van der Waals surface area contributed by atoms with Crippen molar-refractivity contribution in [3.63, 3.8) is 0 Å². The number of hydrogen-bond acceptors (Lipinski definition) is 2. The molecule has 1 rings (SSSR count). The number of carboxylic acid groups (broad SMARTS) is 1. The first kappa shape index (κ1) is 9.77. The summed E-state index contributed by atoms with van der Waals surface area (Å²) in [5.41, 5.74) is 2.89. The Kier molecular flexibility index (Phi) is 2.70. The van der Waals surface area contributed by atoms with Crippen molar-refractivity contribution in [2.24, 2.45) is 0 Å². The fraction of sp³-hybridized carbons (Fsp3) is 0.556. The summed E-state index contributed by atoms with van der Waals surface area (Å²) in [5.74, 6) is -0.747. The van der Waals surface area contributed by atoms with Crippen molar-refractivity contribution < 1.29 is 9.90 Å². The molecule has 0 amide bonds. The van der Waals surface area contributed by atoms with Gasteiger partial charge in [-0.15, -0.1) is 0 Å². The van der Waals surface area contributed by atoms with Crippen molar-refractivity contribution in [1.82, 2.24) is 10.2 Å². The molecule has 0 aliphatic rings. The first-order chi connectivity index (χ1) is 6.02. The summed E-state index contributed by atoms with van der Waals surface area (Å²) >= 11 is 0. The molecule has 13 heavy (non-hydrogen) atoms. The van der Waals surface area contributed by atoms with E-state index in [0.29, 0.717) is 0 Å². The predicted octanol–water partition coefficient (Wildman–Crippen LogP) is 1.60. The molecule has 2 N–H and O–H groups in total. The molecule has 0 spiro atoms. The van der Waals surface area contributed by atoms with Gasteiger partial charge in [-0.05, 0) is 25.3 Å². The highest BCUT2D eigenvalue weighted by Gasteiger charge is 2.16. The molecule has 0 bridgehead atoms. The highest BCUT2D eigenvalue weighted by atomic mass is 16.4. The van der Waals surface area contributed by atoms with Gasteiger partial charge in [0.2, 0.25) is 0 Å². The minimum absolute atomic E-state index is 0.0243. The van der Waals surface area contributed by atoms with Gasteiger partial charge in [0.15, 0.2) is 0 Å². The molecule has 1 atom stereocenters. The van der Waals surface area contributed by atoms with Gasteiger partial charge in [-0.1, -0.05) is 6.92 Å². The number of nitrogens with zero attached hydrogens (tertiary/aromatic N) is 1. The van der Waals surface area contributed by atoms with Gasteiger partial charge in [-0.2, -0.15) is 5.10 Å². The Morgan fingerprint density at radius 1 is 1.62 bits per heavy atom. The Labute approximate surface area is 77.0 Å². The molecule has 0 aliphatic carbocycles. The first-order valence-electron chi connectivity index (χ1n) is 4.25. The zero-order valence-corrected chi connectivity index (χ0v) is 8.09. The summed E-state index contributed by atoms with van der Waals surface area (Å²) in [6.07, 6.45) is 0.154. The Balaban J connectivity index is 2.87. The summed E-state index contributed by atoms with van der Waals surface area (Å²) in [4.78, 5) is 10.5. The van der Waals surface area contributed by atoms with Crippen LogP contribution in [0, 0.1) is 13.8 Å². The second-order valence-electron chi connectivity index (χ2n) is 3.35. The summed E-state index contributed by atoms with van der Waals surface area (Å²) in [7, 11) is 0. The maximum absolute atomic E-state index is 10.5. The number of carboxylic acids is 1. The zero-order chi connectivity index (χ0) is 10.0. The number of hydrogen-bond donors (Lipinski definition) is 2. The van der Waals surface area contributed by atoms with Crippen LogP contribution in [0.2, 0.25) is 0 Å². The van der Waals surface area contributed by atoms with Crippen molar-refractivity contribution in [2.45, 2.75) is 33.1 Å². The van der Waals surface area contributed by atoms with Gasteiger partial charge in [0.05, 0.1) is 12.1 Å². The van der Waals surface area contributed by atoms with Crippen LogP contribution in [0.1, 0.15) is 36.2 Å². The van der Waals surface area contributed by atoms with E-state index in [-0.39, 0.29) is 12.3 Å². The Morgan fingerprint density at radius 3 is 2.62 bits per heavy atom. The minimum atomic E-state index is -0.771. The molecular formula is C9H14N2O2. The molecule has 0 fully saturated rings. The average molecular weight is 182 g/mol. The van der Waals surface area contributed by atoms with E-state index in [1.165, 1.54) is 0 Å². The monoisotopic (exact) mass is 182 g/mol. The number of aliphatic carboxylic acids is 1. The molecule has 1 aromatic rings. The third kappa shape index (κ3) is 2.08. The summed E-state index contributed by atoms with van der Waals surface area (Å²) in [5, 5.41) is 15.5. The molecule has 72 valence electrons. The largest absolute Gasteiger partial charge is 0.481 e. The van der Waals surface area contributed by atoms with Crippen LogP contribution >= 0.6 is 0 Å². The lowest BCUT2D eigenvalue weighted by Gasteiger charge is -2.08. The van der Waals surface area contributed by atoms with E-state index in [4.69, 9.17) is 5.11 Å². The van der Waals surface area contributed by atoms with E-state index in [1.807, 2.05) is 20.8 Å². The first-order valence-corrected chi connectivity index (χ1v) is 4.25. The molecule has 0 saturated carbocycles. The maximum atomic E-state index is 10.5. The number of carbonyl (C=O) groups is 1. The third-order valence-electron chi connectivity index (χ3n) is 2.16. The molecule has 1 aromatic heterocycles. The summed E-state index contributed by atoms with van der Waals surface area (Å²) in [6, 6.07) is 0. The molecule has 0 aliphatic heterocycles. The number of aromatic nitrogens is 2. The highest BCUT2D eigenvalue weighted by Crippen LogP contribution is 2.23. The molecule has 0 saturated heterocycles. The van der Waals surface area contributed by atoms with Crippen LogP contribution in [-0.2, 0) is 4.79 Å². The van der Waals surface area contributed by atoms with Gasteiger partial charge >= 0.3 is 5.97 Å². The quantitative estimate of drug-likeness (QED) is 0.746. The lowest BCUT2D eigenvalue weighted by molar-refractivity contribution is -0.137. The fourth-order valence-corrected chi connectivity index (χ4v) is 1.65. The van der Waals surface area contributed by atoms with E-state index in [2.05, 4.69) is 10.2 Å². The van der Waals surface area contributed by atoms with Crippen molar-refractivity contribution in [3.8, 4) is 0 Å². The SMILES string of the molecule is Cc1n[nH]c(C)c1C(C)CC(=O)O. The van der Waals surface area contributed by atoms with Crippen LogP contribution in [0.4, 0.5) is 0 Å². The van der Waals surface area contributed by atoms with Gasteiger partial charge in [-0.25, -0.2) is 0 Å². The van der Waals surface area contributed by atoms with Gasteiger partial charge in [0.25, 0.3) is 0 Å². The predicted molar refractivity (Wildman–Crippen MR) is 48.7 cm³/mol. The second kappa shape index (κ2) is 3.60. The molecule has 4 heteroatoms. The maximum Gasteiger partial charge on any atom is 0.303 e. The van der Waals surface area contributed by atoms with Crippen molar-refractivity contribution >= 4 is 5.97 Å². The lowest BCUT2D eigenvalue weighted by Crippen LogP contribution is -2.04. The van der Waals surface area contributed by atoms with E-state index in [9.17, 15) is 4.79 Å². The summed E-state index contributed by atoms with van der Waals surface area (Å²) < 4.78 is 0. The number of rotatable bonds is 3. The van der Waals surface area contributed by atoms with Gasteiger partial charge in [0, 0.05) is 5.69 Å². The summed E-state index contributed by atoms with van der Waals surface area (Å²) in [6.45, 7) is 5.70. The van der Waals surface area contributed by atoms with Crippen molar-refractivity contribution in [3.05, 3.63) is 17.0 Å². The van der Waals surface area contributed by atoms with Crippen LogP contribution in [0.3, 0.4) is 0 Å². The van der Waals surface area contributed by atoms with Crippen LogP contribution in [0.5, 0.6) is 0 Å². The number of H-pyrrole nitrogens is 1. The number of nitrogens with one attached hydrogen (secondary N) is 1. The van der Waals surface area contributed by atoms with Gasteiger partial charge < -0.3 is 5.11 Å². The number of aromatic amines is 1. The normalized spacial score (nSPS) is 12.8. The number of aryl methyl sites for hydroxylation is 2. The van der Waals surface area contributed by atoms with E-state index < -0.39 is 5.97 Å². The molecule has 1 unspecified atom stereocenters. The van der Waals surface area contributed by atoms with E-state index >= 15 is 0 Å². The molecule has 0 radical (unpaired) electrons. The minimum Gasteiger partial charge on any atom is -0.481 e. The molecule has 0 aromatic carbocycles. The van der Waals surface area contributed by atoms with Gasteiger partial charge in [0.1, 0.15) is 0 Å². The highest BCUT2D eigenvalue weighted by molar-refractivity contribution is 5.68. The van der Waals surface area contributed by atoms with Crippen LogP contribution in [0.15, 0.2) is 0 Å². The van der Waals surface area contributed by atoms with E-state index in [1.54, 1.807) is 0 Å². The molecule has 4 nitrogen and oxygen atoms in total. The van der Waals surface area contributed by atoms with E-state index in [0.717, 1.165) is 17.0 Å². The Hall–Kier alpha value is -1.32. The van der Waals surface area contributed by atoms with Gasteiger partial charge in [-0.3, -0.25) is 9.89 Å². The van der Waals surface area contributed by atoms with Crippen molar-refractivity contribution in [2.75, 3.05) is 0 Å². The second-order valence-corrected chi connectivity index (χ2v) is 3.35. The fourth-order valence-electron chi connectivity index (χ4n) is 1.65. The van der Waals surface area contributed by atoms with Crippen LogP contribution < -0.4 is 0 Å². The zero-order valence-electron chi connectivity index (χ0n) is 8.09. The third-order valence-corrected chi connectivity index (χ3v) is 2.16. The molecule has 1 heterocycles.